The minimum Gasteiger partial charge on any atom is -0.371 e. The lowest BCUT2D eigenvalue weighted by Crippen LogP contribution is -2.38. The third-order valence-corrected chi connectivity index (χ3v) is 3.64. The van der Waals surface area contributed by atoms with Gasteiger partial charge in [0.1, 0.15) is 18.8 Å². The summed E-state index contributed by atoms with van der Waals surface area (Å²) < 4.78 is 115. The predicted octanol–water partition coefficient (Wildman–Crippen LogP) is 1.99. The molecule has 0 amide bonds. The van der Waals surface area contributed by atoms with E-state index in [1.54, 1.807) is 0 Å². The smallest absolute Gasteiger partial charge is 0.371 e. The van der Waals surface area contributed by atoms with Gasteiger partial charge in [-0.25, -0.2) is 4.39 Å². The fourth-order valence-electron chi connectivity index (χ4n) is 1.80. The molecule has 1 fully saturated rings. The molecule has 0 spiro atoms. The van der Waals surface area contributed by atoms with E-state index in [-0.39, 0.29) is 0 Å². The Morgan fingerprint density at radius 2 is 1.58 bits per heavy atom. The van der Waals surface area contributed by atoms with E-state index in [1.807, 2.05) is 0 Å². The van der Waals surface area contributed by atoms with Gasteiger partial charge in [0.15, 0.2) is 12.5 Å². The molecule has 0 aliphatic carbocycles. The lowest BCUT2D eigenvalue weighted by molar-refractivity contribution is -0.259. The molecule has 0 aromatic rings. The first kappa shape index (κ1) is 21.4. The van der Waals surface area contributed by atoms with Crippen LogP contribution in [0.5, 0.6) is 0 Å². The Bertz CT molecular complexity index is 525. The highest BCUT2D eigenvalue weighted by Crippen LogP contribution is 2.31. The highest BCUT2D eigenvalue weighted by molar-refractivity contribution is 7.87. The molecular weight excluding hydrogens is 374 g/mol. The van der Waals surface area contributed by atoms with Crippen molar-refractivity contribution in [2.75, 3.05) is 26.5 Å². The molecule has 6 nitrogen and oxygen atoms in total. The molecule has 0 radical (unpaired) electrons. The summed E-state index contributed by atoms with van der Waals surface area (Å²) in [7, 11) is -6.16. The molecule has 1 saturated heterocycles. The summed E-state index contributed by atoms with van der Waals surface area (Å²) in [5.41, 5.74) is 0. The second kappa shape index (κ2) is 7.32. The largest absolute Gasteiger partial charge is 0.396 e. The van der Waals surface area contributed by atoms with Gasteiger partial charge in [-0.1, -0.05) is 3.89 Å². The second-order valence-corrected chi connectivity index (χ2v) is 6.86. The van der Waals surface area contributed by atoms with Gasteiger partial charge >= 0.3 is 21.6 Å². The van der Waals surface area contributed by atoms with E-state index < -0.39 is 66.1 Å². The molecule has 0 bridgehead atoms. The molecule has 13 heteroatoms. The third-order valence-electron chi connectivity index (χ3n) is 2.81. The Morgan fingerprint density at radius 1 is 1.08 bits per heavy atom. The predicted molar refractivity (Wildman–Crippen MR) is 66.5 cm³/mol. The van der Waals surface area contributed by atoms with Gasteiger partial charge in [-0.05, 0) is 13.8 Å². The molecule has 0 aromatic heterocycles. The Hall–Kier alpha value is -0.630. The summed E-state index contributed by atoms with van der Waals surface area (Å²) in [6.45, 7) is -2.68. The van der Waals surface area contributed by atoms with E-state index in [0.717, 1.165) is 0 Å². The summed E-state index contributed by atoms with van der Waals surface area (Å²) in [6.07, 6.45) is -6.49. The fourth-order valence-corrected chi connectivity index (χ4v) is 2.02. The summed E-state index contributed by atoms with van der Waals surface area (Å²) in [5, 5.41) is -4.77. The van der Waals surface area contributed by atoms with Gasteiger partial charge in [0.25, 0.3) is 0 Å². The number of hydrogen-bond acceptors (Lipinski definition) is 6. The molecule has 144 valence electrons. The minimum absolute atomic E-state index is 0.718. The van der Waals surface area contributed by atoms with Crippen LogP contribution in [0, 0.1) is 0 Å². The molecular formula is C11H16F6O6S. The zero-order valence-electron chi connectivity index (χ0n) is 12.6. The molecule has 0 saturated carbocycles. The lowest BCUT2D eigenvalue weighted by atomic mass is 10.2. The zero-order chi connectivity index (χ0) is 18.8. The maximum atomic E-state index is 12.9. The van der Waals surface area contributed by atoms with Gasteiger partial charge in [-0.15, -0.1) is 0 Å². The fraction of sp³-hybridized carbons (Fsp3) is 1.00. The SMILES string of the molecule is CC1(C)OC(COCC(F)(F)S(=O)(=O)F)C(COC(F)(F)CF)O1. The molecule has 0 aromatic carbocycles. The monoisotopic (exact) mass is 390 g/mol. The molecule has 2 unspecified atom stereocenters. The van der Waals surface area contributed by atoms with Crippen LogP contribution in [0.3, 0.4) is 0 Å². The van der Waals surface area contributed by atoms with E-state index in [4.69, 9.17) is 9.47 Å². The highest BCUT2D eigenvalue weighted by atomic mass is 32.3. The van der Waals surface area contributed by atoms with Crippen LogP contribution in [0.4, 0.5) is 25.8 Å². The first-order valence-corrected chi connectivity index (χ1v) is 7.91. The average Bonchev–Trinajstić information content (AvgIpc) is 2.70. The first-order chi connectivity index (χ1) is 10.7. The van der Waals surface area contributed by atoms with Crippen molar-refractivity contribution >= 4 is 10.2 Å². The first-order valence-electron chi connectivity index (χ1n) is 6.52. The van der Waals surface area contributed by atoms with Crippen LogP contribution < -0.4 is 0 Å². The summed E-state index contributed by atoms with van der Waals surface area (Å²) in [5.74, 6) is -1.30. The van der Waals surface area contributed by atoms with Gasteiger partial charge < -0.3 is 18.9 Å². The van der Waals surface area contributed by atoms with Crippen LogP contribution in [0.25, 0.3) is 0 Å². The number of halogens is 6. The van der Waals surface area contributed by atoms with Crippen LogP contribution >= 0.6 is 0 Å². The van der Waals surface area contributed by atoms with Crippen LogP contribution in [0.1, 0.15) is 13.8 Å². The van der Waals surface area contributed by atoms with E-state index in [0.29, 0.717) is 0 Å². The quantitative estimate of drug-likeness (QED) is 0.443. The van der Waals surface area contributed by atoms with E-state index in [2.05, 4.69) is 9.47 Å². The Kier molecular flexibility index (Phi) is 6.53. The topological polar surface area (TPSA) is 71.1 Å². The Balaban J connectivity index is 2.60. The van der Waals surface area contributed by atoms with E-state index in [1.165, 1.54) is 13.8 Å². The van der Waals surface area contributed by atoms with Crippen molar-refractivity contribution in [3.63, 3.8) is 0 Å². The van der Waals surface area contributed by atoms with Gasteiger partial charge in [-0.3, -0.25) is 0 Å². The van der Waals surface area contributed by atoms with Crippen molar-refractivity contribution in [1.82, 2.24) is 0 Å². The average molecular weight is 390 g/mol. The molecule has 0 N–H and O–H groups in total. The van der Waals surface area contributed by atoms with Crippen LogP contribution in [0.2, 0.25) is 0 Å². The standard InChI is InChI=1S/C11H16F6O6S/c1-9(2)22-7(3-20-6-11(15,16)24(17,18)19)8(23-9)4-21-10(13,14)5-12/h7-8H,3-6H2,1-2H3. The zero-order valence-corrected chi connectivity index (χ0v) is 13.4. The van der Waals surface area contributed by atoms with Crippen molar-refractivity contribution < 1.29 is 53.2 Å². The number of ether oxygens (including phenoxy) is 4. The Labute approximate surface area is 134 Å². The van der Waals surface area contributed by atoms with E-state index in [9.17, 15) is 34.3 Å². The summed E-state index contributed by atoms with van der Waals surface area (Å²) in [4.78, 5) is 0. The molecule has 2 atom stereocenters. The molecule has 1 aliphatic heterocycles. The number of hydrogen-bond donors (Lipinski definition) is 0. The Morgan fingerprint density at radius 3 is 2.04 bits per heavy atom. The normalized spacial score (nSPS) is 25.2. The van der Waals surface area contributed by atoms with Gasteiger partial charge in [0.2, 0.25) is 0 Å². The molecule has 1 aliphatic rings. The number of alkyl halides is 5. The minimum atomic E-state index is -6.16. The summed E-state index contributed by atoms with van der Waals surface area (Å²) >= 11 is 0. The number of rotatable bonds is 9. The van der Waals surface area contributed by atoms with Crippen molar-refractivity contribution in [2.45, 2.75) is 43.2 Å². The maximum absolute atomic E-state index is 12.9. The maximum Gasteiger partial charge on any atom is 0.396 e. The molecule has 1 rings (SSSR count). The van der Waals surface area contributed by atoms with Crippen LogP contribution in [-0.2, 0) is 29.2 Å². The highest BCUT2D eigenvalue weighted by Gasteiger charge is 2.48. The van der Waals surface area contributed by atoms with Crippen LogP contribution in [-0.4, -0.2) is 64.3 Å². The van der Waals surface area contributed by atoms with Crippen molar-refractivity contribution in [1.29, 1.82) is 0 Å². The van der Waals surface area contributed by atoms with Gasteiger partial charge in [0, 0.05) is 0 Å². The van der Waals surface area contributed by atoms with Gasteiger partial charge in [0.05, 0.1) is 13.2 Å². The molecule has 1 heterocycles. The molecule has 24 heavy (non-hydrogen) atoms. The van der Waals surface area contributed by atoms with Crippen LogP contribution in [0.15, 0.2) is 0 Å². The lowest BCUT2D eigenvalue weighted by Gasteiger charge is -2.20. The van der Waals surface area contributed by atoms with Gasteiger partial charge in [-0.2, -0.15) is 26.0 Å². The van der Waals surface area contributed by atoms with Crippen molar-refractivity contribution in [3.8, 4) is 0 Å². The van der Waals surface area contributed by atoms with Crippen molar-refractivity contribution in [2.24, 2.45) is 0 Å². The third kappa shape index (κ3) is 6.02. The summed E-state index contributed by atoms with van der Waals surface area (Å²) in [6, 6.07) is 0. The van der Waals surface area contributed by atoms with Crippen molar-refractivity contribution in [3.05, 3.63) is 0 Å². The second-order valence-electron chi connectivity index (χ2n) is 5.38. The van der Waals surface area contributed by atoms with E-state index >= 15 is 0 Å².